The maximum absolute atomic E-state index is 12.4. The van der Waals surface area contributed by atoms with Crippen molar-refractivity contribution < 1.29 is 14.7 Å². The third-order valence-corrected chi connectivity index (χ3v) is 3.85. The number of carboxylic acid groups (broad SMARTS) is 1. The van der Waals surface area contributed by atoms with Crippen molar-refractivity contribution in [3.63, 3.8) is 0 Å². The number of carbonyl (C=O) groups excluding carboxylic acids is 1. The summed E-state index contributed by atoms with van der Waals surface area (Å²) < 4.78 is 0. The van der Waals surface area contributed by atoms with Crippen LogP contribution in [0.4, 0.5) is 0 Å². The van der Waals surface area contributed by atoms with Crippen molar-refractivity contribution in [3.05, 3.63) is 0 Å². The summed E-state index contributed by atoms with van der Waals surface area (Å²) in [6.45, 7) is 10.4. The lowest BCUT2D eigenvalue weighted by Gasteiger charge is -2.36. The van der Waals surface area contributed by atoms with Gasteiger partial charge < -0.3 is 10.4 Å². The number of nitrogens with one attached hydrogen (secondary N) is 1. The number of hydrogen-bond donors (Lipinski definition) is 2. The zero-order valence-corrected chi connectivity index (χ0v) is 13.5. The Labute approximate surface area is 122 Å². The molecule has 4 heteroatoms. The largest absolute Gasteiger partial charge is 0.481 e. The van der Waals surface area contributed by atoms with Crippen molar-refractivity contribution in [1.82, 2.24) is 5.32 Å². The van der Waals surface area contributed by atoms with E-state index in [0.29, 0.717) is 12.8 Å². The molecule has 0 aromatic heterocycles. The van der Waals surface area contributed by atoms with E-state index in [1.54, 1.807) is 0 Å². The lowest BCUT2D eigenvalue weighted by molar-refractivity contribution is -0.149. The van der Waals surface area contributed by atoms with Crippen LogP contribution < -0.4 is 5.32 Å². The van der Waals surface area contributed by atoms with Crippen molar-refractivity contribution in [1.29, 1.82) is 0 Å². The third kappa shape index (κ3) is 5.14. The normalized spacial score (nSPS) is 24.2. The summed E-state index contributed by atoms with van der Waals surface area (Å²) in [6, 6.07) is 0. The highest BCUT2D eigenvalue weighted by molar-refractivity contribution is 5.85. The lowest BCUT2D eigenvalue weighted by atomic mass is 9.77. The SMILES string of the molecule is CC(C)(C)CC(C)(C)NC(=O)C1CCCCC1C(=O)O. The molecule has 116 valence electrons. The molecule has 1 amide bonds. The topological polar surface area (TPSA) is 66.4 Å². The first-order valence-corrected chi connectivity index (χ1v) is 7.57. The molecule has 20 heavy (non-hydrogen) atoms. The average molecular weight is 283 g/mol. The summed E-state index contributed by atoms with van der Waals surface area (Å²) in [5.41, 5.74) is -0.189. The molecule has 0 spiro atoms. The maximum atomic E-state index is 12.4. The summed E-state index contributed by atoms with van der Waals surface area (Å²) in [4.78, 5) is 23.7. The Bertz CT molecular complexity index is 368. The van der Waals surface area contributed by atoms with Gasteiger partial charge in [-0.25, -0.2) is 0 Å². The smallest absolute Gasteiger partial charge is 0.307 e. The molecule has 0 saturated heterocycles. The van der Waals surface area contributed by atoms with Crippen LogP contribution >= 0.6 is 0 Å². The zero-order valence-electron chi connectivity index (χ0n) is 13.5. The predicted molar refractivity (Wildman–Crippen MR) is 79.4 cm³/mol. The van der Waals surface area contributed by atoms with Crippen LogP contribution in [-0.2, 0) is 9.59 Å². The molecule has 1 aliphatic rings. The summed E-state index contributed by atoms with van der Waals surface area (Å²) in [5.74, 6) is -1.82. The minimum absolute atomic E-state index is 0.0913. The van der Waals surface area contributed by atoms with Gasteiger partial charge in [0, 0.05) is 5.54 Å². The van der Waals surface area contributed by atoms with Crippen molar-refractivity contribution >= 4 is 11.9 Å². The van der Waals surface area contributed by atoms with E-state index >= 15 is 0 Å². The molecule has 1 aliphatic carbocycles. The Balaban J connectivity index is 2.71. The Morgan fingerprint density at radius 3 is 2.00 bits per heavy atom. The fourth-order valence-corrected chi connectivity index (χ4v) is 3.54. The molecule has 2 unspecified atom stereocenters. The van der Waals surface area contributed by atoms with Crippen molar-refractivity contribution in [2.45, 2.75) is 72.3 Å². The van der Waals surface area contributed by atoms with E-state index in [9.17, 15) is 14.7 Å². The number of carbonyl (C=O) groups is 2. The number of rotatable bonds is 4. The van der Waals surface area contributed by atoms with Gasteiger partial charge in [-0.3, -0.25) is 9.59 Å². The summed E-state index contributed by atoms with van der Waals surface area (Å²) >= 11 is 0. The third-order valence-electron chi connectivity index (χ3n) is 3.85. The van der Waals surface area contributed by atoms with Crippen LogP contribution in [0.2, 0.25) is 0 Å². The van der Waals surface area contributed by atoms with Gasteiger partial charge in [0.15, 0.2) is 0 Å². The molecule has 1 saturated carbocycles. The standard InChI is InChI=1S/C16H29NO3/c1-15(2,3)10-16(4,5)17-13(18)11-8-6-7-9-12(11)14(19)20/h11-12H,6-10H2,1-5H3,(H,17,18)(H,19,20). The highest BCUT2D eigenvalue weighted by atomic mass is 16.4. The van der Waals surface area contributed by atoms with Crippen molar-refractivity contribution in [2.75, 3.05) is 0 Å². The number of aliphatic carboxylic acids is 1. The molecule has 4 nitrogen and oxygen atoms in total. The van der Waals surface area contributed by atoms with Crippen LogP contribution in [-0.4, -0.2) is 22.5 Å². The van der Waals surface area contributed by atoms with Gasteiger partial charge in [0.1, 0.15) is 0 Å². The molecule has 0 aliphatic heterocycles. The van der Waals surface area contributed by atoms with Crippen LogP contribution in [0.15, 0.2) is 0 Å². The fraction of sp³-hybridized carbons (Fsp3) is 0.875. The van der Waals surface area contributed by atoms with E-state index in [1.807, 2.05) is 13.8 Å². The molecule has 0 radical (unpaired) electrons. The van der Waals surface area contributed by atoms with Crippen molar-refractivity contribution in [3.8, 4) is 0 Å². The molecule has 1 fully saturated rings. The van der Waals surface area contributed by atoms with Crippen LogP contribution in [0.1, 0.15) is 66.7 Å². The van der Waals surface area contributed by atoms with Crippen molar-refractivity contribution in [2.24, 2.45) is 17.3 Å². The second-order valence-corrected chi connectivity index (χ2v) is 7.95. The second kappa shape index (κ2) is 6.15. The molecule has 1 rings (SSSR count). The number of carboxylic acids is 1. The quantitative estimate of drug-likeness (QED) is 0.832. The highest BCUT2D eigenvalue weighted by Gasteiger charge is 2.38. The van der Waals surface area contributed by atoms with Gasteiger partial charge in [0.2, 0.25) is 5.91 Å². The average Bonchev–Trinajstić information content (AvgIpc) is 2.24. The van der Waals surface area contributed by atoms with Crippen LogP contribution in [0.3, 0.4) is 0 Å². The fourth-order valence-electron chi connectivity index (χ4n) is 3.54. The molecule has 0 aromatic rings. The van der Waals surface area contributed by atoms with E-state index in [-0.39, 0.29) is 22.8 Å². The van der Waals surface area contributed by atoms with Crippen LogP contribution in [0, 0.1) is 17.3 Å². The molecular formula is C16H29NO3. The van der Waals surface area contributed by atoms with Gasteiger partial charge in [-0.1, -0.05) is 33.6 Å². The van der Waals surface area contributed by atoms with E-state index in [1.165, 1.54) is 0 Å². The first-order chi connectivity index (χ1) is 9.02. The minimum atomic E-state index is -0.835. The van der Waals surface area contributed by atoms with E-state index < -0.39 is 11.9 Å². The van der Waals surface area contributed by atoms with Gasteiger partial charge in [0.05, 0.1) is 11.8 Å². The summed E-state index contributed by atoms with van der Waals surface area (Å²) in [6.07, 6.45) is 4.02. The second-order valence-electron chi connectivity index (χ2n) is 7.95. The Morgan fingerprint density at radius 1 is 1.05 bits per heavy atom. The lowest BCUT2D eigenvalue weighted by Crippen LogP contribution is -2.50. The predicted octanol–water partition coefficient (Wildman–Crippen LogP) is 3.21. The summed E-state index contributed by atoms with van der Waals surface area (Å²) in [7, 11) is 0. The zero-order chi connectivity index (χ0) is 15.6. The van der Waals surface area contributed by atoms with E-state index in [2.05, 4.69) is 26.1 Å². The van der Waals surface area contributed by atoms with Crippen LogP contribution in [0.5, 0.6) is 0 Å². The van der Waals surface area contributed by atoms with E-state index in [0.717, 1.165) is 19.3 Å². The van der Waals surface area contributed by atoms with Gasteiger partial charge >= 0.3 is 5.97 Å². The highest BCUT2D eigenvalue weighted by Crippen LogP contribution is 2.32. The van der Waals surface area contributed by atoms with Gasteiger partial charge in [-0.15, -0.1) is 0 Å². The number of amides is 1. The number of hydrogen-bond acceptors (Lipinski definition) is 2. The Hall–Kier alpha value is -1.06. The monoisotopic (exact) mass is 283 g/mol. The van der Waals surface area contributed by atoms with Gasteiger partial charge in [-0.05, 0) is 38.5 Å². The summed E-state index contributed by atoms with van der Waals surface area (Å²) in [5, 5.41) is 12.3. The molecule has 2 N–H and O–H groups in total. The first kappa shape index (κ1) is 17.0. The molecule has 2 atom stereocenters. The maximum Gasteiger partial charge on any atom is 0.307 e. The Kier molecular flexibility index (Phi) is 5.22. The molecule has 0 heterocycles. The van der Waals surface area contributed by atoms with Gasteiger partial charge in [0.25, 0.3) is 0 Å². The first-order valence-electron chi connectivity index (χ1n) is 7.57. The van der Waals surface area contributed by atoms with E-state index in [4.69, 9.17) is 0 Å². The minimum Gasteiger partial charge on any atom is -0.481 e. The Morgan fingerprint density at radius 2 is 1.55 bits per heavy atom. The molecule has 0 aromatic carbocycles. The molecule has 0 bridgehead atoms. The van der Waals surface area contributed by atoms with Crippen LogP contribution in [0.25, 0.3) is 0 Å². The molecular weight excluding hydrogens is 254 g/mol. The van der Waals surface area contributed by atoms with Gasteiger partial charge in [-0.2, -0.15) is 0 Å².